The Balaban J connectivity index is 3.23. The van der Waals surface area contributed by atoms with Crippen LogP contribution in [-0.2, 0) is 0 Å². The van der Waals surface area contributed by atoms with Crippen LogP contribution in [0, 0.1) is 17.0 Å². The topological polar surface area (TPSA) is 93.0 Å². The molecule has 0 spiro atoms. The van der Waals surface area contributed by atoms with E-state index in [1.54, 1.807) is 14.0 Å². The molecule has 0 bridgehead atoms. The zero-order valence-corrected chi connectivity index (χ0v) is 12.1. The van der Waals surface area contributed by atoms with Crippen molar-refractivity contribution in [2.45, 2.75) is 46.1 Å². The number of hydrogen-bond donors (Lipinski definition) is 2. The van der Waals surface area contributed by atoms with Crippen molar-refractivity contribution in [1.82, 2.24) is 9.97 Å². The van der Waals surface area contributed by atoms with Crippen LogP contribution < -0.4 is 10.6 Å². The second-order valence-electron chi connectivity index (χ2n) is 5.10. The Labute approximate surface area is 113 Å². The van der Waals surface area contributed by atoms with Gasteiger partial charge in [-0.25, -0.2) is 4.98 Å². The van der Waals surface area contributed by atoms with E-state index in [1.165, 1.54) is 0 Å². The Hall–Kier alpha value is -1.92. The summed E-state index contributed by atoms with van der Waals surface area (Å²) in [6, 6.07) is 0. The molecule has 7 nitrogen and oxygen atoms in total. The summed E-state index contributed by atoms with van der Waals surface area (Å²) < 4.78 is 0. The van der Waals surface area contributed by atoms with Crippen LogP contribution in [0.5, 0.6) is 0 Å². The van der Waals surface area contributed by atoms with E-state index in [2.05, 4.69) is 27.5 Å². The Morgan fingerprint density at radius 2 is 2.00 bits per heavy atom. The molecule has 106 valence electrons. The molecule has 0 saturated carbocycles. The molecule has 2 N–H and O–H groups in total. The quantitative estimate of drug-likeness (QED) is 0.608. The molecular formula is C12H21N5O2. The highest BCUT2D eigenvalue weighted by molar-refractivity contribution is 5.61. The van der Waals surface area contributed by atoms with Gasteiger partial charge in [-0.05, 0) is 27.2 Å². The summed E-state index contributed by atoms with van der Waals surface area (Å²) in [5.74, 6) is 0.637. The van der Waals surface area contributed by atoms with Crippen molar-refractivity contribution < 1.29 is 4.92 Å². The van der Waals surface area contributed by atoms with Crippen molar-refractivity contribution in [2.75, 3.05) is 17.7 Å². The van der Waals surface area contributed by atoms with Crippen LogP contribution in [0.25, 0.3) is 0 Å². The summed E-state index contributed by atoms with van der Waals surface area (Å²) in [4.78, 5) is 18.9. The van der Waals surface area contributed by atoms with Gasteiger partial charge in [0.1, 0.15) is 5.69 Å². The highest BCUT2D eigenvalue weighted by Gasteiger charge is 2.26. The number of nitrogens with zero attached hydrogens (tertiary/aromatic N) is 3. The first kappa shape index (κ1) is 15.1. The lowest BCUT2D eigenvalue weighted by atomic mass is 9.99. The maximum Gasteiger partial charge on any atom is 0.332 e. The molecule has 0 atom stereocenters. The highest BCUT2D eigenvalue weighted by Crippen LogP contribution is 2.29. The molecule has 0 radical (unpaired) electrons. The molecular weight excluding hydrogens is 246 g/mol. The molecule has 0 aliphatic heterocycles. The van der Waals surface area contributed by atoms with E-state index in [-0.39, 0.29) is 17.0 Å². The molecule has 0 fully saturated rings. The molecule has 0 saturated heterocycles. The second kappa shape index (κ2) is 5.81. The van der Waals surface area contributed by atoms with E-state index in [4.69, 9.17) is 0 Å². The molecule has 19 heavy (non-hydrogen) atoms. The third-order valence-electron chi connectivity index (χ3n) is 2.80. The van der Waals surface area contributed by atoms with Crippen LogP contribution in [0.2, 0.25) is 0 Å². The van der Waals surface area contributed by atoms with Gasteiger partial charge in [0.15, 0.2) is 0 Å². The number of hydrogen-bond acceptors (Lipinski definition) is 6. The molecule has 1 aromatic heterocycles. The van der Waals surface area contributed by atoms with E-state index in [0.29, 0.717) is 11.6 Å². The lowest BCUT2D eigenvalue weighted by molar-refractivity contribution is -0.385. The number of nitro groups is 1. The number of nitrogens with one attached hydrogen (secondary N) is 2. The summed E-state index contributed by atoms with van der Waals surface area (Å²) in [6.45, 7) is 7.67. The van der Waals surface area contributed by atoms with Crippen LogP contribution in [0.15, 0.2) is 0 Å². The van der Waals surface area contributed by atoms with Crippen LogP contribution in [-0.4, -0.2) is 27.5 Å². The Morgan fingerprint density at radius 1 is 1.37 bits per heavy atom. The third kappa shape index (κ3) is 3.77. The fourth-order valence-corrected chi connectivity index (χ4v) is 1.99. The number of aromatic nitrogens is 2. The molecule has 0 amide bonds. The van der Waals surface area contributed by atoms with Crippen molar-refractivity contribution in [3.8, 4) is 0 Å². The predicted octanol–water partition coefficient (Wildman–Crippen LogP) is 2.73. The van der Waals surface area contributed by atoms with Gasteiger partial charge in [0.2, 0.25) is 11.8 Å². The molecule has 1 rings (SSSR count). The SMILES string of the molecule is CCCC(C)(C)Nc1nc(NC)nc(C)c1[N+](=O)[O-]. The molecule has 0 aromatic carbocycles. The Morgan fingerprint density at radius 3 is 2.47 bits per heavy atom. The van der Waals surface area contributed by atoms with Crippen molar-refractivity contribution in [2.24, 2.45) is 0 Å². The predicted molar refractivity (Wildman–Crippen MR) is 75.6 cm³/mol. The van der Waals surface area contributed by atoms with Crippen LogP contribution in [0.3, 0.4) is 0 Å². The van der Waals surface area contributed by atoms with Gasteiger partial charge < -0.3 is 10.6 Å². The minimum absolute atomic E-state index is 0.0665. The zero-order chi connectivity index (χ0) is 14.6. The summed E-state index contributed by atoms with van der Waals surface area (Å²) in [6.07, 6.45) is 1.87. The van der Waals surface area contributed by atoms with Crippen LogP contribution >= 0.6 is 0 Å². The molecule has 0 aliphatic carbocycles. The summed E-state index contributed by atoms with van der Waals surface area (Å²) >= 11 is 0. The zero-order valence-electron chi connectivity index (χ0n) is 12.1. The number of anilines is 2. The van der Waals surface area contributed by atoms with Crippen molar-refractivity contribution >= 4 is 17.5 Å². The fraction of sp³-hybridized carbons (Fsp3) is 0.667. The maximum absolute atomic E-state index is 11.2. The molecule has 0 unspecified atom stereocenters. The molecule has 0 aliphatic rings. The van der Waals surface area contributed by atoms with E-state index >= 15 is 0 Å². The van der Waals surface area contributed by atoms with E-state index in [1.807, 2.05) is 13.8 Å². The van der Waals surface area contributed by atoms with Gasteiger partial charge in [-0.3, -0.25) is 10.1 Å². The summed E-state index contributed by atoms with van der Waals surface area (Å²) in [5.41, 5.74) is 0.0213. The largest absolute Gasteiger partial charge is 0.359 e. The van der Waals surface area contributed by atoms with Gasteiger partial charge >= 0.3 is 5.69 Å². The van der Waals surface area contributed by atoms with Gasteiger partial charge in [0, 0.05) is 12.6 Å². The first-order valence-corrected chi connectivity index (χ1v) is 6.29. The summed E-state index contributed by atoms with van der Waals surface area (Å²) in [5, 5.41) is 17.1. The van der Waals surface area contributed by atoms with Gasteiger partial charge in [0.05, 0.1) is 4.92 Å². The first-order valence-electron chi connectivity index (χ1n) is 6.29. The first-order chi connectivity index (χ1) is 8.80. The second-order valence-corrected chi connectivity index (χ2v) is 5.10. The minimum atomic E-state index is -0.445. The molecule has 1 aromatic rings. The number of rotatable bonds is 6. The average Bonchev–Trinajstić information content (AvgIpc) is 2.26. The normalized spacial score (nSPS) is 11.2. The standard InChI is InChI=1S/C12H21N5O2/c1-6-7-12(3,4)16-10-9(17(18)19)8(2)14-11(13-5)15-10/h6-7H2,1-5H3,(H2,13,14,15,16). The minimum Gasteiger partial charge on any atom is -0.359 e. The lowest BCUT2D eigenvalue weighted by Gasteiger charge is -2.26. The van der Waals surface area contributed by atoms with Crippen molar-refractivity contribution in [3.05, 3.63) is 15.8 Å². The third-order valence-corrected chi connectivity index (χ3v) is 2.80. The molecule has 1 heterocycles. The van der Waals surface area contributed by atoms with E-state index in [0.717, 1.165) is 12.8 Å². The lowest BCUT2D eigenvalue weighted by Crippen LogP contribution is -2.31. The highest BCUT2D eigenvalue weighted by atomic mass is 16.6. The summed E-state index contributed by atoms with van der Waals surface area (Å²) in [7, 11) is 1.68. The van der Waals surface area contributed by atoms with Crippen LogP contribution in [0.1, 0.15) is 39.3 Å². The van der Waals surface area contributed by atoms with Crippen LogP contribution in [0.4, 0.5) is 17.5 Å². The van der Waals surface area contributed by atoms with Gasteiger partial charge in [-0.2, -0.15) is 4.98 Å². The van der Waals surface area contributed by atoms with Crippen molar-refractivity contribution in [3.63, 3.8) is 0 Å². The Kier molecular flexibility index (Phi) is 4.63. The van der Waals surface area contributed by atoms with E-state index < -0.39 is 4.92 Å². The smallest absolute Gasteiger partial charge is 0.332 e. The number of aryl methyl sites for hydroxylation is 1. The van der Waals surface area contributed by atoms with Gasteiger partial charge in [-0.15, -0.1) is 0 Å². The van der Waals surface area contributed by atoms with Gasteiger partial charge in [0.25, 0.3) is 0 Å². The van der Waals surface area contributed by atoms with Crippen molar-refractivity contribution in [1.29, 1.82) is 0 Å². The monoisotopic (exact) mass is 267 g/mol. The Bertz CT molecular complexity index is 473. The fourth-order valence-electron chi connectivity index (χ4n) is 1.99. The average molecular weight is 267 g/mol. The van der Waals surface area contributed by atoms with E-state index in [9.17, 15) is 10.1 Å². The molecule has 7 heteroatoms. The van der Waals surface area contributed by atoms with Gasteiger partial charge in [-0.1, -0.05) is 13.3 Å². The maximum atomic E-state index is 11.2.